The molecule has 1 N–H and O–H groups in total. The summed E-state index contributed by atoms with van der Waals surface area (Å²) in [6.45, 7) is 4.55. The Morgan fingerprint density at radius 2 is 2.07 bits per heavy atom. The van der Waals surface area contributed by atoms with E-state index in [4.69, 9.17) is 9.84 Å². The Morgan fingerprint density at radius 1 is 1.33 bits per heavy atom. The largest absolute Gasteiger partial charge is 0.496 e. The highest BCUT2D eigenvalue weighted by Crippen LogP contribution is 2.30. The SMILES string of the molecule is COc1c(CCCO)cccc1C(C)C. The van der Waals surface area contributed by atoms with Crippen molar-refractivity contribution in [3.8, 4) is 5.75 Å². The first kappa shape index (κ1) is 12.1. The normalized spacial score (nSPS) is 10.7. The van der Waals surface area contributed by atoms with Gasteiger partial charge in [0.1, 0.15) is 5.75 Å². The van der Waals surface area contributed by atoms with Crippen LogP contribution in [0, 0.1) is 0 Å². The van der Waals surface area contributed by atoms with Crippen molar-refractivity contribution in [1.29, 1.82) is 0 Å². The van der Waals surface area contributed by atoms with Crippen LogP contribution in [0.4, 0.5) is 0 Å². The second kappa shape index (κ2) is 5.76. The van der Waals surface area contributed by atoms with E-state index in [0.717, 1.165) is 18.6 Å². The van der Waals surface area contributed by atoms with Crippen molar-refractivity contribution in [2.45, 2.75) is 32.6 Å². The molecule has 0 spiro atoms. The summed E-state index contributed by atoms with van der Waals surface area (Å²) in [5.41, 5.74) is 2.44. The minimum absolute atomic E-state index is 0.231. The number of ether oxygens (including phenoxy) is 1. The lowest BCUT2D eigenvalue weighted by molar-refractivity contribution is 0.287. The molecule has 0 aromatic heterocycles. The lowest BCUT2D eigenvalue weighted by Crippen LogP contribution is -2.00. The quantitative estimate of drug-likeness (QED) is 0.806. The van der Waals surface area contributed by atoms with Gasteiger partial charge in [0.15, 0.2) is 0 Å². The van der Waals surface area contributed by atoms with Gasteiger partial charge in [0.25, 0.3) is 0 Å². The topological polar surface area (TPSA) is 29.5 Å². The van der Waals surface area contributed by atoms with Gasteiger partial charge in [-0.1, -0.05) is 32.0 Å². The molecule has 0 fully saturated rings. The predicted octanol–water partition coefficient (Wildman–Crippen LogP) is 2.74. The fraction of sp³-hybridized carbons (Fsp3) is 0.538. The summed E-state index contributed by atoms with van der Waals surface area (Å²) in [6.07, 6.45) is 1.66. The summed E-state index contributed by atoms with van der Waals surface area (Å²) in [4.78, 5) is 0. The molecule has 1 rings (SSSR count). The number of hydrogen-bond acceptors (Lipinski definition) is 2. The van der Waals surface area contributed by atoms with Gasteiger partial charge in [-0.05, 0) is 29.9 Å². The van der Waals surface area contributed by atoms with Crippen molar-refractivity contribution in [2.24, 2.45) is 0 Å². The van der Waals surface area contributed by atoms with E-state index in [1.165, 1.54) is 11.1 Å². The van der Waals surface area contributed by atoms with E-state index in [9.17, 15) is 0 Å². The van der Waals surface area contributed by atoms with Crippen LogP contribution in [0.15, 0.2) is 18.2 Å². The van der Waals surface area contributed by atoms with Crippen molar-refractivity contribution in [2.75, 3.05) is 13.7 Å². The lowest BCUT2D eigenvalue weighted by atomic mass is 9.97. The minimum Gasteiger partial charge on any atom is -0.496 e. The summed E-state index contributed by atoms with van der Waals surface area (Å²) in [6, 6.07) is 6.23. The molecular formula is C13H20O2. The standard InChI is InChI=1S/C13H20O2/c1-10(2)12-8-4-6-11(7-5-9-14)13(12)15-3/h4,6,8,10,14H,5,7,9H2,1-3H3. The molecule has 0 heterocycles. The van der Waals surface area contributed by atoms with Crippen LogP contribution in [0.1, 0.15) is 37.3 Å². The number of aliphatic hydroxyl groups is 1. The van der Waals surface area contributed by atoms with Crippen LogP contribution in [0.5, 0.6) is 5.75 Å². The van der Waals surface area contributed by atoms with E-state index in [0.29, 0.717) is 5.92 Å². The van der Waals surface area contributed by atoms with Gasteiger partial charge >= 0.3 is 0 Å². The van der Waals surface area contributed by atoms with Crippen molar-refractivity contribution in [1.82, 2.24) is 0 Å². The molecule has 0 unspecified atom stereocenters. The summed E-state index contributed by atoms with van der Waals surface area (Å²) >= 11 is 0. The number of para-hydroxylation sites is 1. The molecule has 2 heteroatoms. The highest BCUT2D eigenvalue weighted by Gasteiger charge is 2.10. The Morgan fingerprint density at radius 3 is 2.60 bits per heavy atom. The molecule has 1 aromatic rings. The average molecular weight is 208 g/mol. The number of rotatable bonds is 5. The molecule has 0 aliphatic carbocycles. The van der Waals surface area contributed by atoms with Crippen LogP contribution in [-0.2, 0) is 6.42 Å². The van der Waals surface area contributed by atoms with E-state index in [-0.39, 0.29) is 6.61 Å². The molecule has 0 atom stereocenters. The van der Waals surface area contributed by atoms with Crippen LogP contribution in [0.2, 0.25) is 0 Å². The fourth-order valence-electron chi connectivity index (χ4n) is 1.77. The van der Waals surface area contributed by atoms with E-state index in [1.807, 2.05) is 0 Å². The first-order chi connectivity index (χ1) is 7.20. The zero-order valence-electron chi connectivity index (χ0n) is 9.79. The van der Waals surface area contributed by atoms with E-state index < -0.39 is 0 Å². The number of methoxy groups -OCH3 is 1. The molecule has 0 bridgehead atoms. The average Bonchev–Trinajstić information content (AvgIpc) is 2.25. The molecule has 2 nitrogen and oxygen atoms in total. The van der Waals surface area contributed by atoms with Crippen LogP contribution in [0.25, 0.3) is 0 Å². The lowest BCUT2D eigenvalue weighted by Gasteiger charge is -2.15. The molecule has 0 amide bonds. The Balaban J connectivity index is 2.99. The van der Waals surface area contributed by atoms with Crippen molar-refractivity contribution < 1.29 is 9.84 Å². The zero-order valence-corrected chi connectivity index (χ0v) is 9.79. The van der Waals surface area contributed by atoms with Gasteiger partial charge in [-0.2, -0.15) is 0 Å². The third kappa shape index (κ3) is 2.96. The molecule has 1 aromatic carbocycles. The van der Waals surface area contributed by atoms with Crippen molar-refractivity contribution >= 4 is 0 Å². The molecule has 0 aliphatic rings. The third-order valence-corrected chi connectivity index (χ3v) is 2.56. The van der Waals surface area contributed by atoms with Gasteiger partial charge in [-0.25, -0.2) is 0 Å². The Bertz CT molecular complexity index is 305. The van der Waals surface area contributed by atoms with Crippen LogP contribution < -0.4 is 4.74 Å². The second-order valence-corrected chi connectivity index (χ2v) is 4.02. The summed E-state index contributed by atoms with van der Waals surface area (Å²) in [5.74, 6) is 1.45. The number of aryl methyl sites for hydroxylation is 1. The van der Waals surface area contributed by atoms with Gasteiger partial charge in [-0.3, -0.25) is 0 Å². The molecule has 0 radical (unpaired) electrons. The van der Waals surface area contributed by atoms with E-state index in [1.54, 1.807) is 7.11 Å². The summed E-state index contributed by atoms with van der Waals surface area (Å²) in [7, 11) is 1.71. The van der Waals surface area contributed by atoms with Crippen LogP contribution >= 0.6 is 0 Å². The number of hydrogen-bond donors (Lipinski definition) is 1. The maximum absolute atomic E-state index is 8.83. The fourth-order valence-corrected chi connectivity index (χ4v) is 1.77. The van der Waals surface area contributed by atoms with Gasteiger partial charge in [0.2, 0.25) is 0 Å². The van der Waals surface area contributed by atoms with E-state index >= 15 is 0 Å². The molecular weight excluding hydrogens is 188 g/mol. The number of benzene rings is 1. The predicted molar refractivity (Wildman–Crippen MR) is 62.5 cm³/mol. The second-order valence-electron chi connectivity index (χ2n) is 4.02. The monoisotopic (exact) mass is 208 g/mol. The number of aliphatic hydroxyl groups excluding tert-OH is 1. The first-order valence-corrected chi connectivity index (χ1v) is 5.47. The third-order valence-electron chi connectivity index (χ3n) is 2.56. The van der Waals surface area contributed by atoms with Crippen molar-refractivity contribution in [3.63, 3.8) is 0 Å². The van der Waals surface area contributed by atoms with Gasteiger partial charge in [-0.15, -0.1) is 0 Å². The van der Waals surface area contributed by atoms with Crippen LogP contribution in [-0.4, -0.2) is 18.8 Å². The Labute approximate surface area is 91.9 Å². The summed E-state index contributed by atoms with van der Waals surface area (Å²) in [5, 5.41) is 8.83. The van der Waals surface area contributed by atoms with E-state index in [2.05, 4.69) is 32.0 Å². The zero-order chi connectivity index (χ0) is 11.3. The molecule has 0 saturated carbocycles. The van der Waals surface area contributed by atoms with Crippen molar-refractivity contribution in [3.05, 3.63) is 29.3 Å². The Hall–Kier alpha value is -1.02. The minimum atomic E-state index is 0.231. The maximum Gasteiger partial charge on any atom is 0.125 e. The molecule has 84 valence electrons. The van der Waals surface area contributed by atoms with Gasteiger partial charge in [0, 0.05) is 6.61 Å². The maximum atomic E-state index is 8.83. The molecule has 15 heavy (non-hydrogen) atoms. The van der Waals surface area contributed by atoms with Gasteiger partial charge in [0.05, 0.1) is 7.11 Å². The summed E-state index contributed by atoms with van der Waals surface area (Å²) < 4.78 is 5.45. The first-order valence-electron chi connectivity index (χ1n) is 5.47. The molecule has 0 aliphatic heterocycles. The smallest absolute Gasteiger partial charge is 0.125 e. The highest BCUT2D eigenvalue weighted by atomic mass is 16.5. The Kier molecular flexibility index (Phi) is 4.63. The highest BCUT2D eigenvalue weighted by molar-refractivity contribution is 5.43. The molecule has 0 saturated heterocycles. The van der Waals surface area contributed by atoms with Crippen LogP contribution in [0.3, 0.4) is 0 Å². The van der Waals surface area contributed by atoms with Gasteiger partial charge < -0.3 is 9.84 Å².